The van der Waals surface area contributed by atoms with Gasteiger partial charge in [-0.05, 0) is 25.5 Å². The number of sulfone groups is 1. The van der Waals surface area contributed by atoms with Gasteiger partial charge in [0, 0.05) is 11.8 Å². The molecule has 0 heterocycles. The highest BCUT2D eigenvalue weighted by Crippen LogP contribution is 2.27. The molecule has 0 bridgehead atoms. The van der Waals surface area contributed by atoms with E-state index in [9.17, 15) is 13.2 Å². The Labute approximate surface area is 119 Å². The van der Waals surface area contributed by atoms with Crippen molar-refractivity contribution in [3.8, 4) is 5.75 Å². The average molecular weight is 300 g/mol. The van der Waals surface area contributed by atoms with Gasteiger partial charge in [0.2, 0.25) is 5.91 Å². The second-order valence-electron chi connectivity index (χ2n) is 4.46. The lowest BCUT2D eigenvalue weighted by molar-refractivity contribution is -0.115. The Morgan fingerprint density at radius 1 is 1.45 bits per heavy atom. The van der Waals surface area contributed by atoms with Crippen molar-refractivity contribution < 1.29 is 17.9 Å². The third-order valence-corrected chi connectivity index (χ3v) is 5.15. The SMILES string of the molecule is CCCS(=O)(=O)C(C)C(=O)Nc1ccc(N)cc1OC. The van der Waals surface area contributed by atoms with Gasteiger partial charge in [0.15, 0.2) is 9.84 Å². The second kappa shape index (κ2) is 6.60. The van der Waals surface area contributed by atoms with E-state index in [1.165, 1.54) is 14.0 Å². The van der Waals surface area contributed by atoms with Crippen LogP contribution in [0.5, 0.6) is 5.75 Å². The Kier molecular flexibility index (Phi) is 5.38. The van der Waals surface area contributed by atoms with Gasteiger partial charge >= 0.3 is 0 Å². The van der Waals surface area contributed by atoms with E-state index in [0.29, 0.717) is 23.5 Å². The molecule has 3 N–H and O–H groups in total. The van der Waals surface area contributed by atoms with E-state index in [-0.39, 0.29) is 5.75 Å². The van der Waals surface area contributed by atoms with Crippen molar-refractivity contribution in [2.75, 3.05) is 23.9 Å². The van der Waals surface area contributed by atoms with Crippen molar-refractivity contribution >= 4 is 27.1 Å². The summed E-state index contributed by atoms with van der Waals surface area (Å²) >= 11 is 0. The number of anilines is 2. The Balaban J connectivity index is 2.91. The Hall–Kier alpha value is -1.76. The summed E-state index contributed by atoms with van der Waals surface area (Å²) in [4.78, 5) is 12.0. The smallest absolute Gasteiger partial charge is 0.242 e. The molecule has 0 aliphatic rings. The molecule has 0 aliphatic heterocycles. The van der Waals surface area contributed by atoms with Crippen molar-refractivity contribution in [1.82, 2.24) is 0 Å². The molecule has 1 atom stereocenters. The number of hydrogen-bond donors (Lipinski definition) is 2. The summed E-state index contributed by atoms with van der Waals surface area (Å²) in [6.07, 6.45) is 0.477. The second-order valence-corrected chi connectivity index (χ2v) is 6.90. The molecule has 1 aromatic carbocycles. The van der Waals surface area contributed by atoms with Gasteiger partial charge in [0.25, 0.3) is 0 Å². The highest BCUT2D eigenvalue weighted by Gasteiger charge is 2.27. The first kappa shape index (κ1) is 16.3. The fourth-order valence-corrected chi connectivity index (χ4v) is 2.98. The number of amides is 1. The largest absolute Gasteiger partial charge is 0.494 e. The van der Waals surface area contributed by atoms with Gasteiger partial charge in [-0.3, -0.25) is 4.79 Å². The number of nitrogens with one attached hydrogen (secondary N) is 1. The highest BCUT2D eigenvalue weighted by atomic mass is 32.2. The molecule has 1 rings (SSSR count). The van der Waals surface area contributed by atoms with E-state index < -0.39 is 21.0 Å². The minimum atomic E-state index is -3.43. The zero-order valence-electron chi connectivity index (χ0n) is 11.8. The molecule has 0 saturated heterocycles. The molecule has 0 aromatic heterocycles. The summed E-state index contributed by atoms with van der Waals surface area (Å²) in [6.45, 7) is 3.13. The molecule has 1 unspecified atom stereocenters. The van der Waals surface area contributed by atoms with Crippen LogP contribution in [0.15, 0.2) is 18.2 Å². The Bertz CT molecular complexity index is 584. The van der Waals surface area contributed by atoms with Crippen LogP contribution in [-0.2, 0) is 14.6 Å². The third kappa shape index (κ3) is 3.86. The van der Waals surface area contributed by atoms with Crippen molar-refractivity contribution in [1.29, 1.82) is 0 Å². The lowest BCUT2D eigenvalue weighted by atomic mass is 10.2. The van der Waals surface area contributed by atoms with Crippen molar-refractivity contribution in [2.45, 2.75) is 25.5 Å². The topological polar surface area (TPSA) is 98.5 Å². The van der Waals surface area contributed by atoms with E-state index in [4.69, 9.17) is 10.5 Å². The molecule has 1 aromatic rings. The molecule has 7 heteroatoms. The maximum Gasteiger partial charge on any atom is 0.242 e. The molecule has 20 heavy (non-hydrogen) atoms. The normalized spacial score (nSPS) is 12.8. The fraction of sp³-hybridized carbons (Fsp3) is 0.462. The molecular weight excluding hydrogens is 280 g/mol. The summed E-state index contributed by atoms with van der Waals surface area (Å²) in [7, 11) is -1.99. The van der Waals surface area contributed by atoms with Gasteiger partial charge in [-0.2, -0.15) is 0 Å². The van der Waals surface area contributed by atoms with Gasteiger partial charge < -0.3 is 15.8 Å². The average Bonchev–Trinajstić information content (AvgIpc) is 2.39. The summed E-state index contributed by atoms with van der Waals surface area (Å²) in [5.41, 5.74) is 6.50. The van der Waals surface area contributed by atoms with Crippen LogP contribution in [0.4, 0.5) is 11.4 Å². The summed E-state index contributed by atoms with van der Waals surface area (Å²) in [6, 6.07) is 4.73. The van der Waals surface area contributed by atoms with Crippen LogP contribution in [0.2, 0.25) is 0 Å². The van der Waals surface area contributed by atoms with Gasteiger partial charge in [0.1, 0.15) is 11.0 Å². The van der Waals surface area contributed by atoms with Crippen molar-refractivity contribution in [3.63, 3.8) is 0 Å². The Morgan fingerprint density at radius 3 is 2.65 bits per heavy atom. The molecule has 0 fully saturated rings. The summed E-state index contributed by atoms with van der Waals surface area (Å²) < 4.78 is 28.8. The van der Waals surface area contributed by atoms with Crippen LogP contribution in [-0.4, -0.2) is 32.4 Å². The minimum Gasteiger partial charge on any atom is -0.494 e. The zero-order chi connectivity index (χ0) is 15.3. The number of rotatable bonds is 6. The van der Waals surface area contributed by atoms with E-state index in [0.717, 1.165) is 0 Å². The lowest BCUT2D eigenvalue weighted by Gasteiger charge is -2.15. The summed E-state index contributed by atoms with van der Waals surface area (Å²) in [5.74, 6) is -0.208. The van der Waals surface area contributed by atoms with Crippen LogP contribution >= 0.6 is 0 Å². The van der Waals surface area contributed by atoms with Crippen LogP contribution < -0.4 is 15.8 Å². The maximum atomic E-state index is 12.0. The molecule has 0 aliphatic carbocycles. The predicted octanol–water partition coefficient (Wildman–Crippen LogP) is 1.43. The number of benzene rings is 1. The Morgan fingerprint density at radius 2 is 2.10 bits per heavy atom. The van der Waals surface area contributed by atoms with Gasteiger partial charge in [0.05, 0.1) is 18.6 Å². The standard InChI is InChI=1S/C13H20N2O4S/c1-4-7-20(17,18)9(2)13(16)15-11-6-5-10(14)8-12(11)19-3/h5-6,8-9H,4,7,14H2,1-3H3,(H,15,16). The van der Waals surface area contributed by atoms with E-state index in [1.807, 2.05) is 0 Å². The molecule has 112 valence electrons. The molecule has 6 nitrogen and oxygen atoms in total. The van der Waals surface area contributed by atoms with E-state index in [2.05, 4.69) is 5.32 Å². The van der Waals surface area contributed by atoms with E-state index in [1.54, 1.807) is 25.1 Å². The first-order chi connectivity index (χ1) is 9.31. The maximum absolute atomic E-state index is 12.0. The van der Waals surface area contributed by atoms with Crippen LogP contribution in [0, 0.1) is 0 Å². The molecule has 0 radical (unpaired) electrons. The first-order valence-corrected chi connectivity index (χ1v) is 7.99. The highest BCUT2D eigenvalue weighted by molar-refractivity contribution is 7.92. The monoisotopic (exact) mass is 300 g/mol. The molecule has 1 amide bonds. The van der Waals surface area contributed by atoms with Gasteiger partial charge in [-0.1, -0.05) is 6.92 Å². The number of nitrogens with two attached hydrogens (primary N) is 1. The predicted molar refractivity (Wildman–Crippen MR) is 79.6 cm³/mol. The van der Waals surface area contributed by atoms with Crippen LogP contribution in [0.1, 0.15) is 20.3 Å². The lowest BCUT2D eigenvalue weighted by Crippen LogP contribution is -2.34. The number of carbonyl (C=O) groups is 1. The zero-order valence-corrected chi connectivity index (χ0v) is 12.7. The van der Waals surface area contributed by atoms with Gasteiger partial charge in [-0.15, -0.1) is 0 Å². The quantitative estimate of drug-likeness (QED) is 0.774. The minimum absolute atomic E-state index is 0.0134. The number of carbonyl (C=O) groups excluding carboxylic acids is 1. The number of methoxy groups -OCH3 is 1. The van der Waals surface area contributed by atoms with Gasteiger partial charge in [-0.25, -0.2) is 8.42 Å². The number of ether oxygens (including phenoxy) is 1. The fourth-order valence-electron chi connectivity index (χ4n) is 1.67. The summed E-state index contributed by atoms with van der Waals surface area (Å²) in [5, 5.41) is 1.45. The van der Waals surface area contributed by atoms with Crippen LogP contribution in [0.25, 0.3) is 0 Å². The van der Waals surface area contributed by atoms with Crippen molar-refractivity contribution in [3.05, 3.63) is 18.2 Å². The third-order valence-electron chi connectivity index (χ3n) is 2.88. The van der Waals surface area contributed by atoms with Crippen LogP contribution in [0.3, 0.4) is 0 Å². The number of nitrogen functional groups attached to an aromatic ring is 1. The van der Waals surface area contributed by atoms with Crippen molar-refractivity contribution in [2.24, 2.45) is 0 Å². The molecule has 0 saturated carbocycles. The van der Waals surface area contributed by atoms with E-state index >= 15 is 0 Å². The molecular formula is C13H20N2O4S. The molecule has 0 spiro atoms. The first-order valence-electron chi connectivity index (χ1n) is 6.27. The number of hydrogen-bond acceptors (Lipinski definition) is 5.